The third-order valence-electron chi connectivity index (χ3n) is 2.82. The van der Waals surface area contributed by atoms with Crippen LogP contribution in [0.4, 0.5) is 0 Å². The highest BCUT2D eigenvalue weighted by Gasteiger charge is 2.35. The van der Waals surface area contributed by atoms with Gasteiger partial charge in [0.25, 0.3) is 0 Å². The molecule has 0 aromatic rings. The molecule has 104 valence electrons. The molecule has 0 aromatic heterocycles. The number of carboxylic acid groups (broad SMARTS) is 1. The van der Waals surface area contributed by atoms with Gasteiger partial charge in [-0.25, -0.2) is 4.79 Å². The Balaban J connectivity index is 2.38. The molecule has 3 N–H and O–H groups in total. The molecule has 1 rings (SSSR count). The predicted octanol–water partition coefficient (Wildman–Crippen LogP) is -0.868. The van der Waals surface area contributed by atoms with Crippen molar-refractivity contribution in [3.63, 3.8) is 0 Å². The number of carbonyl (C=O) groups excluding carboxylic acids is 1. The zero-order valence-electron chi connectivity index (χ0n) is 10.3. The van der Waals surface area contributed by atoms with E-state index < -0.39 is 24.2 Å². The number of aliphatic carboxylic acids is 1. The summed E-state index contributed by atoms with van der Waals surface area (Å²) in [5.74, 6) is -1.43. The highest BCUT2D eigenvalue weighted by molar-refractivity contribution is 5.82. The minimum atomic E-state index is -1.05. The van der Waals surface area contributed by atoms with E-state index >= 15 is 0 Å². The number of amides is 1. The third kappa shape index (κ3) is 4.25. The molecule has 0 saturated carbocycles. The Labute approximate surface area is 105 Å². The molecule has 1 fully saturated rings. The van der Waals surface area contributed by atoms with Crippen molar-refractivity contribution in [3.05, 3.63) is 0 Å². The molecule has 0 aromatic carbocycles. The first kappa shape index (κ1) is 14.9. The molecule has 7 heteroatoms. The lowest BCUT2D eigenvalue weighted by Gasteiger charge is -2.18. The Bertz CT molecular complexity index is 295. The van der Waals surface area contributed by atoms with E-state index in [1.807, 2.05) is 0 Å². The van der Waals surface area contributed by atoms with Crippen LogP contribution in [0.3, 0.4) is 0 Å². The van der Waals surface area contributed by atoms with E-state index in [2.05, 4.69) is 5.32 Å². The highest BCUT2D eigenvalue weighted by atomic mass is 16.5. The molecule has 3 unspecified atom stereocenters. The highest BCUT2D eigenvalue weighted by Crippen LogP contribution is 2.20. The Morgan fingerprint density at radius 1 is 1.44 bits per heavy atom. The van der Waals surface area contributed by atoms with Gasteiger partial charge >= 0.3 is 5.97 Å². The van der Waals surface area contributed by atoms with Gasteiger partial charge in [0.05, 0.1) is 12.6 Å². The van der Waals surface area contributed by atoms with Crippen LogP contribution >= 0.6 is 0 Å². The van der Waals surface area contributed by atoms with E-state index in [1.165, 1.54) is 7.11 Å². The first-order valence-electron chi connectivity index (χ1n) is 5.87. The molecule has 0 aliphatic carbocycles. The van der Waals surface area contributed by atoms with Gasteiger partial charge in [0, 0.05) is 13.7 Å². The maximum atomic E-state index is 11.8. The maximum absolute atomic E-state index is 11.8. The summed E-state index contributed by atoms with van der Waals surface area (Å²) < 4.78 is 9.97. The number of aliphatic hydroxyl groups excluding tert-OH is 1. The summed E-state index contributed by atoms with van der Waals surface area (Å²) in [4.78, 5) is 22.4. The summed E-state index contributed by atoms with van der Waals surface area (Å²) in [6, 6.07) is -0.398. The fourth-order valence-corrected chi connectivity index (χ4v) is 1.78. The summed E-state index contributed by atoms with van der Waals surface area (Å²) in [6.07, 6.45) is -0.455. The predicted molar refractivity (Wildman–Crippen MR) is 61.0 cm³/mol. The van der Waals surface area contributed by atoms with Crippen molar-refractivity contribution in [3.8, 4) is 0 Å². The molecule has 1 heterocycles. The summed E-state index contributed by atoms with van der Waals surface area (Å²) in [5.41, 5.74) is 0. The average molecular weight is 261 g/mol. The summed E-state index contributed by atoms with van der Waals surface area (Å²) in [7, 11) is 1.54. The molecule has 1 saturated heterocycles. The molecule has 3 atom stereocenters. The van der Waals surface area contributed by atoms with Gasteiger partial charge in [0.1, 0.15) is 6.10 Å². The minimum absolute atomic E-state index is 0.190. The van der Waals surface area contributed by atoms with Crippen molar-refractivity contribution in [2.75, 3.05) is 20.3 Å². The van der Waals surface area contributed by atoms with Crippen LogP contribution in [-0.4, -0.2) is 60.7 Å². The van der Waals surface area contributed by atoms with Gasteiger partial charge in [0.15, 0.2) is 6.10 Å². The van der Waals surface area contributed by atoms with Crippen molar-refractivity contribution in [1.82, 2.24) is 5.32 Å². The first-order chi connectivity index (χ1) is 8.58. The van der Waals surface area contributed by atoms with Crippen molar-refractivity contribution in [2.45, 2.75) is 37.5 Å². The quantitative estimate of drug-likeness (QED) is 0.550. The smallest absolute Gasteiger partial charge is 0.332 e. The molecule has 18 heavy (non-hydrogen) atoms. The number of hydrogen-bond acceptors (Lipinski definition) is 5. The van der Waals surface area contributed by atoms with Crippen LogP contribution in [0.25, 0.3) is 0 Å². The Hall–Kier alpha value is -1.18. The topological polar surface area (TPSA) is 105 Å². The number of aliphatic hydroxyl groups is 1. The van der Waals surface area contributed by atoms with Crippen LogP contribution in [0.15, 0.2) is 0 Å². The normalized spacial score (nSPS) is 24.8. The first-order valence-corrected chi connectivity index (χ1v) is 5.87. The number of methoxy groups -OCH3 is 1. The van der Waals surface area contributed by atoms with Crippen LogP contribution < -0.4 is 5.32 Å². The largest absolute Gasteiger partial charge is 0.479 e. The van der Waals surface area contributed by atoms with Crippen molar-refractivity contribution < 1.29 is 29.3 Å². The zero-order valence-corrected chi connectivity index (χ0v) is 10.3. The third-order valence-corrected chi connectivity index (χ3v) is 2.82. The van der Waals surface area contributed by atoms with Gasteiger partial charge in [-0.3, -0.25) is 4.79 Å². The Morgan fingerprint density at radius 2 is 2.11 bits per heavy atom. The summed E-state index contributed by atoms with van der Waals surface area (Å²) in [6.45, 7) is 0.235. The van der Waals surface area contributed by atoms with Crippen LogP contribution in [0.2, 0.25) is 0 Å². The molecule has 0 spiro atoms. The molecule has 1 aliphatic rings. The van der Waals surface area contributed by atoms with Crippen LogP contribution in [0.1, 0.15) is 19.3 Å². The van der Waals surface area contributed by atoms with Gasteiger partial charge in [-0.15, -0.1) is 0 Å². The van der Waals surface area contributed by atoms with Crippen molar-refractivity contribution >= 4 is 11.9 Å². The lowest BCUT2D eigenvalue weighted by atomic mass is 10.1. The van der Waals surface area contributed by atoms with E-state index in [4.69, 9.17) is 19.7 Å². The number of hydrogen-bond donors (Lipinski definition) is 3. The second kappa shape index (κ2) is 7.30. The number of nitrogens with one attached hydrogen (secondary N) is 1. The van der Waals surface area contributed by atoms with Gasteiger partial charge in [0.2, 0.25) is 5.91 Å². The summed E-state index contributed by atoms with van der Waals surface area (Å²) >= 11 is 0. The second-order valence-electron chi connectivity index (χ2n) is 4.20. The lowest BCUT2D eigenvalue weighted by molar-refractivity contribution is -0.152. The van der Waals surface area contributed by atoms with E-state index in [9.17, 15) is 9.59 Å². The number of rotatable bonds is 7. The van der Waals surface area contributed by atoms with Gasteiger partial charge in [-0.2, -0.15) is 0 Å². The lowest BCUT2D eigenvalue weighted by Crippen LogP contribution is -2.44. The average Bonchev–Trinajstić information content (AvgIpc) is 2.83. The van der Waals surface area contributed by atoms with Crippen LogP contribution in [-0.2, 0) is 19.1 Å². The monoisotopic (exact) mass is 261 g/mol. The van der Waals surface area contributed by atoms with E-state index in [0.717, 1.165) is 0 Å². The van der Waals surface area contributed by atoms with Crippen LogP contribution in [0, 0.1) is 0 Å². The number of ether oxygens (including phenoxy) is 2. The Kier molecular flexibility index (Phi) is 6.03. The van der Waals surface area contributed by atoms with E-state index in [-0.39, 0.29) is 12.5 Å². The molecule has 1 aliphatic heterocycles. The molecule has 0 bridgehead atoms. The second-order valence-corrected chi connectivity index (χ2v) is 4.20. The van der Waals surface area contributed by atoms with Crippen molar-refractivity contribution in [2.24, 2.45) is 0 Å². The van der Waals surface area contributed by atoms with Crippen molar-refractivity contribution in [1.29, 1.82) is 0 Å². The molecular weight excluding hydrogens is 242 g/mol. The van der Waals surface area contributed by atoms with Crippen LogP contribution in [0.5, 0.6) is 0 Å². The molecule has 7 nitrogen and oxygen atoms in total. The number of carboxylic acids is 1. The van der Waals surface area contributed by atoms with E-state index in [1.54, 1.807) is 0 Å². The molecule has 1 amide bonds. The maximum Gasteiger partial charge on any atom is 0.332 e. The standard InChI is InChI=1S/C11H19NO6/c1-17-5-4-7(6-13)12-10(14)8-2-3-9(18-8)11(15)16/h7-9,13H,2-6H2,1H3,(H,12,14)(H,15,16). The summed E-state index contributed by atoms with van der Waals surface area (Å²) in [5, 5.41) is 20.4. The van der Waals surface area contributed by atoms with Gasteiger partial charge in [-0.1, -0.05) is 0 Å². The van der Waals surface area contributed by atoms with Gasteiger partial charge in [-0.05, 0) is 19.3 Å². The fraction of sp³-hybridized carbons (Fsp3) is 0.818. The SMILES string of the molecule is COCCC(CO)NC(=O)C1CCC(C(=O)O)O1. The van der Waals surface area contributed by atoms with E-state index in [0.29, 0.717) is 25.9 Å². The number of carbonyl (C=O) groups is 2. The molecule has 0 radical (unpaired) electrons. The minimum Gasteiger partial charge on any atom is -0.479 e. The Morgan fingerprint density at radius 3 is 2.61 bits per heavy atom. The fourth-order valence-electron chi connectivity index (χ4n) is 1.78. The van der Waals surface area contributed by atoms with Gasteiger partial charge < -0.3 is 25.0 Å². The molecular formula is C11H19NO6. The zero-order chi connectivity index (χ0) is 13.5.